The maximum atomic E-state index is 6.12. The van der Waals surface area contributed by atoms with E-state index in [1.807, 2.05) is 51.2 Å². The minimum atomic E-state index is 0.120. The first kappa shape index (κ1) is 14.9. The van der Waals surface area contributed by atoms with Crippen LogP contribution in [0.3, 0.4) is 0 Å². The zero-order chi connectivity index (χ0) is 14.7. The van der Waals surface area contributed by atoms with E-state index in [0.717, 1.165) is 28.7 Å². The molecular formula is C16H21ClN2O. The molecule has 1 aromatic heterocycles. The molecule has 0 radical (unpaired) electrons. The molecule has 20 heavy (non-hydrogen) atoms. The zero-order valence-corrected chi connectivity index (χ0v) is 12.9. The van der Waals surface area contributed by atoms with Crippen LogP contribution in [0.25, 0.3) is 0 Å². The van der Waals surface area contributed by atoms with Crippen molar-refractivity contribution in [1.29, 1.82) is 0 Å². The standard InChI is InChI=1S/C16H21ClN2O/c1-11(18)8-13-5-6-14(17)9-16(13)19(3)10-15-7-4-12(2)20-15/h4-7,9,11H,8,10,18H2,1-3H3. The number of anilines is 1. The van der Waals surface area contributed by atoms with Crippen LogP contribution in [0.15, 0.2) is 34.7 Å². The summed E-state index contributed by atoms with van der Waals surface area (Å²) in [6.07, 6.45) is 0.827. The van der Waals surface area contributed by atoms with Crippen molar-refractivity contribution in [3.8, 4) is 0 Å². The molecule has 0 saturated heterocycles. The highest BCUT2D eigenvalue weighted by molar-refractivity contribution is 6.30. The lowest BCUT2D eigenvalue weighted by molar-refractivity contribution is 0.481. The van der Waals surface area contributed by atoms with Gasteiger partial charge in [-0.3, -0.25) is 0 Å². The van der Waals surface area contributed by atoms with Crippen molar-refractivity contribution in [3.63, 3.8) is 0 Å². The van der Waals surface area contributed by atoms with Gasteiger partial charge in [-0.2, -0.15) is 0 Å². The van der Waals surface area contributed by atoms with Gasteiger partial charge in [-0.25, -0.2) is 0 Å². The summed E-state index contributed by atoms with van der Waals surface area (Å²) in [6, 6.07) is 10.0. The second-order valence-corrected chi connectivity index (χ2v) is 5.76. The van der Waals surface area contributed by atoms with Gasteiger partial charge < -0.3 is 15.1 Å². The summed E-state index contributed by atoms with van der Waals surface area (Å²) in [4.78, 5) is 2.14. The Hall–Kier alpha value is -1.45. The maximum absolute atomic E-state index is 6.12. The van der Waals surface area contributed by atoms with Crippen LogP contribution >= 0.6 is 11.6 Å². The number of nitrogens with zero attached hydrogens (tertiary/aromatic N) is 1. The van der Waals surface area contributed by atoms with E-state index < -0.39 is 0 Å². The number of halogens is 1. The lowest BCUT2D eigenvalue weighted by atomic mass is 10.0. The highest BCUT2D eigenvalue weighted by atomic mass is 35.5. The molecule has 1 atom stereocenters. The van der Waals surface area contributed by atoms with Gasteiger partial charge >= 0.3 is 0 Å². The Bertz CT molecular complexity index is 578. The molecule has 0 saturated carbocycles. The molecule has 1 unspecified atom stereocenters. The molecule has 0 spiro atoms. The second-order valence-electron chi connectivity index (χ2n) is 5.32. The van der Waals surface area contributed by atoms with E-state index in [-0.39, 0.29) is 6.04 Å². The summed E-state index contributed by atoms with van der Waals surface area (Å²) in [7, 11) is 2.04. The lowest BCUT2D eigenvalue weighted by Gasteiger charge is -2.22. The Kier molecular flexibility index (Phi) is 4.73. The third-order valence-corrected chi connectivity index (χ3v) is 3.42. The van der Waals surface area contributed by atoms with Crippen LogP contribution in [0, 0.1) is 6.92 Å². The number of nitrogens with two attached hydrogens (primary N) is 1. The fraction of sp³-hybridized carbons (Fsp3) is 0.375. The number of furan rings is 1. The van der Waals surface area contributed by atoms with Gasteiger partial charge in [0.2, 0.25) is 0 Å². The van der Waals surface area contributed by atoms with E-state index in [4.69, 9.17) is 21.8 Å². The van der Waals surface area contributed by atoms with Gasteiger partial charge in [0.1, 0.15) is 11.5 Å². The first-order valence-corrected chi connectivity index (χ1v) is 7.14. The van der Waals surface area contributed by atoms with Crippen molar-refractivity contribution < 1.29 is 4.42 Å². The number of hydrogen-bond donors (Lipinski definition) is 1. The molecule has 3 nitrogen and oxygen atoms in total. The monoisotopic (exact) mass is 292 g/mol. The van der Waals surface area contributed by atoms with E-state index >= 15 is 0 Å². The highest BCUT2D eigenvalue weighted by Gasteiger charge is 2.12. The fourth-order valence-electron chi connectivity index (χ4n) is 2.30. The topological polar surface area (TPSA) is 42.4 Å². The van der Waals surface area contributed by atoms with Gasteiger partial charge in [-0.1, -0.05) is 17.7 Å². The summed E-state index contributed by atoms with van der Waals surface area (Å²) < 4.78 is 5.63. The molecule has 1 aromatic carbocycles. The Morgan fingerprint density at radius 3 is 2.65 bits per heavy atom. The first-order chi connectivity index (χ1) is 9.45. The quantitative estimate of drug-likeness (QED) is 0.912. The van der Waals surface area contributed by atoms with Gasteiger partial charge in [0.25, 0.3) is 0 Å². The largest absolute Gasteiger partial charge is 0.464 e. The highest BCUT2D eigenvalue weighted by Crippen LogP contribution is 2.26. The van der Waals surface area contributed by atoms with Crippen LogP contribution in [0.1, 0.15) is 24.0 Å². The second kappa shape index (κ2) is 6.33. The minimum absolute atomic E-state index is 0.120. The van der Waals surface area contributed by atoms with Crippen LogP contribution < -0.4 is 10.6 Å². The molecule has 0 fully saturated rings. The molecule has 2 N–H and O–H groups in total. The van der Waals surface area contributed by atoms with Gasteiger partial charge in [-0.15, -0.1) is 0 Å². The van der Waals surface area contributed by atoms with Crippen molar-refractivity contribution in [1.82, 2.24) is 0 Å². The molecule has 0 aliphatic carbocycles. The van der Waals surface area contributed by atoms with E-state index in [9.17, 15) is 0 Å². The van der Waals surface area contributed by atoms with E-state index in [1.165, 1.54) is 5.56 Å². The SMILES string of the molecule is Cc1ccc(CN(C)c2cc(Cl)ccc2CC(C)N)o1. The van der Waals surface area contributed by atoms with Crippen LogP contribution in [0.2, 0.25) is 5.02 Å². The predicted octanol–water partition coefficient (Wildman–Crippen LogP) is 3.77. The summed E-state index contributed by atoms with van der Waals surface area (Å²) in [5.74, 6) is 1.87. The van der Waals surface area contributed by atoms with Crippen LogP contribution in [0.5, 0.6) is 0 Å². The number of benzene rings is 1. The Balaban J connectivity index is 2.23. The predicted molar refractivity (Wildman–Crippen MR) is 84.4 cm³/mol. The Morgan fingerprint density at radius 2 is 2.05 bits per heavy atom. The molecule has 1 heterocycles. The zero-order valence-electron chi connectivity index (χ0n) is 12.2. The molecule has 0 amide bonds. The van der Waals surface area contributed by atoms with Gasteiger partial charge in [0.05, 0.1) is 6.54 Å². The molecular weight excluding hydrogens is 272 g/mol. The van der Waals surface area contributed by atoms with E-state index in [1.54, 1.807) is 0 Å². The molecule has 2 aromatic rings. The Labute approximate surface area is 125 Å². The van der Waals surface area contributed by atoms with Crippen molar-refractivity contribution in [3.05, 3.63) is 52.4 Å². The summed E-state index contributed by atoms with van der Waals surface area (Å²) in [5, 5.41) is 0.732. The van der Waals surface area contributed by atoms with Crippen molar-refractivity contribution in [2.45, 2.75) is 32.9 Å². The van der Waals surface area contributed by atoms with Crippen molar-refractivity contribution in [2.24, 2.45) is 5.73 Å². The molecule has 0 aliphatic rings. The summed E-state index contributed by atoms with van der Waals surface area (Å²) in [5.41, 5.74) is 8.22. The maximum Gasteiger partial charge on any atom is 0.123 e. The number of aryl methyl sites for hydroxylation is 1. The smallest absolute Gasteiger partial charge is 0.123 e. The van der Waals surface area contributed by atoms with Crippen LogP contribution in [-0.4, -0.2) is 13.1 Å². The third kappa shape index (κ3) is 3.78. The summed E-state index contributed by atoms with van der Waals surface area (Å²) >= 11 is 6.12. The van der Waals surface area contributed by atoms with Gasteiger partial charge in [-0.05, 0) is 50.1 Å². The normalized spacial score (nSPS) is 12.4. The Morgan fingerprint density at radius 1 is 1.30 bits per heavy atom. The minimum Gasteiger partial charge on any atom is -0.464 e. The van der Waals surface area contributed by atoms with E-state index in [2.05, 4.69) is 4.90 Å². The average molecular weight is 293 g/mol. The van der Waals surface area contributed by atoms with Gasteiger partial charge in [0.15, 0.2) is 0 Å². The molecule has 4 heteroatoms. The first-order valence-electron chi connectivity index (χ1n) is 6.76. The average Bonchev–Trinajstić information content (AvgIpc) is 2.76. The fourth-order valence-corrected chi connectivity index (χ4v) is 2.47. The molecule has 2 rings (SSSR count). The summed E-state index contributed by atoms with van der Waals surface area (Å²) in [6.45, 7) is 4.67. The van der Waals surface area contributed by atoms with Crippen molar-refractivity contribution >= 4 is 17.3 Å². The van der Waals surface area contributed by atoms with Gasteiger partial charge in [0, 0.05) is 23.8 Å². The van der Waals surface area contributed by atoms with Crippen LogP contribution in [0.4, 0.5) is 5.69 Å². The lowest BCUT2D eigenvalue weighted by Crippen LogP contribution is -2.22. The van der Waals surface area contributed by atoms with Crippen molar-refractivity contribution in [2.75, 3.05) is 11.9 Å². The third-order valence-electron chi connectivity index (χ3n) is 3.19. The number of hydrogen-bond acceptors (Lipinski definition) is 3. The molecule has 0 bridgehead atoms. The van der Waals surface area contributed by atoms with Crippen LogP contribution in [-0.2, 0) is 13.0 Å². The number of rotatable bonds is 5. The molecule has 0 aliphatic heterocycles. The van der Waals surface area contributed by atoms with E-state index in [0.29, 0.717) is 6.54 Å². The molecule has 108 valence electrons.